The van der Waals surface area contributed by atoms with Gasteiger partial charge in [0.25, 0.3) is 0 Å². The Morgan fingerprint density at radius 3 is 2.79 bits per heavy atom. The number of hydrogen-bond acceptors (Lipinski definition) is 5. The van der Waals surface area contributed by atoms with Gasteiger partial charge in [-0.3, -0.25) is 0 Å². The Hall–Kier alpha value is -1.95. The Labute approximate surface area is 110 Å². The van der Waals surface area contributed by atoms with Gasteiger partial charge in [0.15, 0.2) is 11.6 Å². The highest BCUT2D eigenvalue weighted by atomic mass is 19.1. The molecule has 1 aromatic carbocycles. The maximum absolute atomic E-state index is 13.8. The van der Waals surface area contributed by atoms with Crippen molar-refractivity contribution in [3.8, 4) is 17.2 Å². The number of nitrogens with zero attached hydrogens (tertiary/aromatic N) is 2. The number of halogens is 1. The fourth-order valence-electron chi connectivity index (χ4n) is 1.58. The number of aromatic nitrogens is 2. The van der Waals surface area contributed by atoms with E-state index >= 15 is 0 Å². The van der Waals surface area contributed by atoms with E-state index < -0.39 is 5.82 Å². The molecule has 0 aliphatic heterocycles. The van der Waals surface area contributed by atoms with Crippen molar-refractivity contribution in [1.82, 2.24) is 10.2 Å². The third kappa shape index (κ3) is 3.29. The molecule has 19 heavy (non-hydrogen) atoms. The van der Waals surface area contributed by atoms with Gasteiger partial charge < -0.3 is 14.9 Å². The summed E-state index contributed by atoms with van der Waals surface area (Å²) in [5, 5.41) is 7.69. The molecule has 102 valence electrons. The van der Waals surface area contributed by atoms with Crippen LogP contribution >= 0.6 is 0 Å². The smallest absolute Gasteiger partial charge is 0.247 e. The van der Waals surface area contributed by atoms with Crippen LogP contribution in [0.15, 0.2) is 22.6 Å². The highest BCUT2D eigenvalue weighted by Gasteiger charge is 2.12. The molecule has 0 fully saturated rings. The Balaban J connectivity index is 2.22. The van der Waals surface area contributed by atoms with Gasteiger partial charge in [0.1, 0.15) is 0 Å². The van der Waals surface area contributed by atoms with E-state index in [0.717, 1.165) is 0 Å². The lowest BCUT2D eigenvalue weighted by Crippen LogP contribution is -2.06. The van der Waals surface area contributed by atoms with Crippen LogP contribution in [-0.4, -0.2) is 22.8 Å². The summed E-state index contributed by atoms with van der Waals surface area (Å²) >= 11 is 0. The normalized spacial score (nSPS) is 11.0. The van der Waals surface area contributed by atoms with Crippen LogP contribution in [0.4, 0.5) is 4.39 Å². The number of rotatable bonds is 5. The number of benzene rings is 1. The maximum Gasteiger partial charge on any atom is 0.247 e. The second-order valence-electron chi connectivity index (χ2n) is 4.35. The average Bonchev–Trinajstić information content (AvgIpc) is 2.80. The Bertz CT molecular complexity index is 555. The molecule has 5 nitrogen and oxygen atoms in total. The van der Waals surface area contributed by atoms with Crippen molar-refractivity contribution >= 4 is 0 Å². The topological polar surface area (TPSA) is 74.2 Å². The van der Waals surface area contributed by atoms with Crippen molar-refractivity contribution in [3.05, 3.63) is 29.9 Å². The van der Waals surface area contributed by atoms with E-state index in [0.29, 0.717) is 24.4 Å². The van der Waals surface area contributed by atoms with Gasteiger partial charge in [0.05, 0.1) is 6.10 Å². The molecule has 0 spiro atoms. The molecule has 1 aromatic heterocycles. The van der Waals surface area contributed by atoms with Gasteiger partial charge in [-0.1, -0.05) is 0 Å². The summed E-state index contributed by atoms with van der Waals surface area (Å²) in [7, 11) is 0. The minimum Gasteiger partial charge on any atom is -0.488 e. The first kappa shape index (κ1) is 13.5. The van der Waals surface area contributed by atoms with Crippen LogP contribution in [0.5, 0.6) is 5.75 Å². The molecule has 0 saturated heterocycles. The lowest BCUT2D eigenvalue weighted by molar-refractivity contribution is 0.231. The minimum absolute atomic E-state index is 0.0834. The van der Waals surface area contributed by atoms with Crippen LogP contribution in [0.1, 0.15) is 19.7 Å². The average molecular weight is 265 g/mol. The first-order chi connectivity index (χ1) is 9.10. The zero-order valence-electron chi connectivity index (χ0n) is 10.9. The SMILES string of the molecule is CC(C)Oc1ccc(-c2nnc(CCN)o2)cc1F. The van der Waals surface area contributed by atoms with Crippen molar-refractivity contribution in [2.75, 3.05) is 6.54 Å². The largest absolute Gasteiger partial charge is 0.488 e. The van der Waals surface area contributed by atoms with E-state index in [9.17, 15) is 4.39 Å². The van der Waals surface area contributed by atoms with Crippen LogP contribution in [0.2, 0.25) is 0 Å². The lowest BCUT2D eigenvalue weighted by Gasteiger charge is -2.10. The van der Waals surface area contributed by atoms with Gasteiger partial charge in [0.2, 0.25) is 11.8 Å². The second-order valence-corrected chi connectivity index (χ2v) is 4.35. The van der Waals surface area contributed by atoms with Crippen LogP contribution in [0, 0.1) is 5.82 Å². The van der Waals surface area contributed by atoms with Crippen LogP contribution in [0.25, 0.3) is 11.5 Å². The molecule has 2 rings (SSSR count). The number of hydrogen-bond donors (Lipinski definition) is 1. The Morgan fingerprint density at radius 1 is 1.37 bits per heavy atom. The van der Waals surface area contributed by atoms with Crippen LogP contribution in [0.3, 0.4) is 0 Å². The monoisotopic (exact) mass is 265 g/mol. The van der Waals surface area contributed by atoms with Crippen molar-refractivity contribution in [2.24, 2.45) is 5.73 Å². The molecule has 0 saturated carbocycles. The molecule has 6 heteroatoms. The third-order valence-corrected chi connectivity index (χ3v) is 2.37. The fourth-order valence-corrected chi connectivity index (χ4v) is 1.58. The molecule has 0 aliphatic rings. The molecular formula is C13H16FN3O2. The Kier molecular flexibility index (Phi) is 4.11. The van der Waals surface area contributed by atoms with Gasteiger partial charge in [-0.15, -0.1) is 10.2 Å². The summed E-state index contributed by atoms with van der Waals surface area (Å²) in [6, 6.07) is 4.55. The van der Waals surface area contributed by atoms with E-state index in [-0.39, 0.29) is 17.7 Å². The molecular weight excluding hydrogens is 249 g/mol. The first-order valence-electron chi connectivity index (χ1n) is 6.09. The number of nitrogens with two attached hydrogens (primary N) is 1. The van der Waals surface area contributed by atoms with Crippen molar-refractivity contribution < 1.29 is 13.5 Å². The predicted octanol–water partition coefficient (Wildman–Crippen LogP) is 2.16. The molecule has 0 atom stereocenters. The quantitative estimate of drug-likeness (QED) is 0.896. The molecule has 2 N–H and O–H groups in total. The van der Waals surface area contributed by atoms with Crippen LogP contribution in [-0.2, 0) is 6.42 Å². The minimum atomic E-state index is -0.454. The van der Waals surface area contributed by atoms with Gasteiger partial charge in [-0.05, 0) is 32.0 Å². The lowest BCUT2D eigenvalue weighted by atomic mass is 10.2. The van der Waals surface area contributed by atoms with Crippen molar-refractivity contribution in [2.45, 2.75) is 26.4 Å². The summed E-state index contributed by atoms with van der Waals surface area (Å²) in [5.41, 5.74) is 5.91. The van der Waals surface area contributed by atoms with E-state index in [2.05, 4.69) is 10.2 Å². The first-order valence-corrected chi connectivity index (χ1v) is 6.09. The fraction of sp³-hybridized carbons (Fsp3) is 0.385. The molecule has 0 aliphatic carbocycles. The van der Waals surface area contributed by atoms with E-state index in [4.69, 9.17) is 14.9 Å². The van der Waals surface area contributed by atoms with E-state index in [1.165, 1.54) is 6.07 Å². The third-order valence-electron chi connectivity index (χ3n) is 2.37. The summed E-state index contributed by atoms with van der Waals surface area (Å²) < 4.78 is 24.5. The standard InChI is InChI=1S/C13H16FN3O2/c1-8(2)18-11-4-3-9(7-10(11)14)13-17-16-12(19-13)5-6-15/h3-4,7-8H,5-6,15H2,1-2H3. The molecule has 1 heterocycles. The zero-order chi connectivity index (χ0) is 13.8. The summed E-state index contributed by atoms with van der Waals surface area (Å²) in [6.07, 6.45) is 0.421. The van der Waals surface area contributed by atoms with Gasteiger partial charge in [-0.25, -0.2) is 4.39 Å². The summed E-state index contributed by atoms with van der Waals surface area (Å²) in [5.74, 6) is 0.476. The summed E-state index contributed by atoms with van der Waals surface area (Å²) in [4.78, 5) is 0. The Morgan fingerprint density at radius 2 is 2.16 bits per heavy atom. The van der Waals surface area contributed by atoms with Gasteiger partial charge in [-0.2, -0.15) is 0 Å². The van der Waals surface area contributed by atoms with Crippen molar-refractivity contribution in [3.63, 3.8) is 0 Å². The predicted molar refractivity (Wildman–Crippen MR) is 68.2 cm³/mol. The van der Waals surface area contributed by atoms with Crippen molar-refractivity contribution in [1.29, 1.82) is 0 Å². The number of ether oxygens (including phenoxy) is 1. The van der Waals surface area contributed by atoms with E-state index in [1.807, 2.05) is 13.8 Å². The molecule has 0 radical (unpaired) electrons. The second kappa shape index (κ2) is 5.79. The molecule has 0 unspecified atom stereocenters. The van der Waals surface area contributed by atoms with Crippen LogP contribution < -0.4 is 10.5 Å². The van der Waals surface area contributed by atoms with E-state index in [1.54, 1.807) is 12.1 Å². The van der Waals surface area contributed by atoms with Gasteiger partial charge >= 0.3 is 0 Å². The zero-order valence-corrected chi connectivity index (χ0v) is 10.9. The summed E-state index contributed by atoms with van der Waals surface area (Å²) in [6.45, 7) is 4.10. The van der Waals surface area contributed by atoms with Gasteiger partial charge in [0, 0.05) is 18.5 Å². The molecule has 2 aromatic rings. The highest BCUT2D eigenvalue weighted by Crippen LogP contribution is 2.25. The molecule has 0 amide bonds. The molecule has 0 bridgehead atoms. The maximum atomic E-state index is 13.8. The highest BCUT2D eigenvalue weighted by molar-refractivity contribution is 5.54.